The SMILES string of the molecule is O=C1C(=O)N(CC[NH2+]CCO)[C@@H](c2ccccn2)C1=C(O)c1ccccc1. The number of benzene rings is 1. The fraction of sp³-hybridized carbons (Fsp3) is 0.250. The summed E-state index contributed by atoms with van der Waals surface area (Å²) in [7, 11) is 0. The number of aliphatic hydroxyl groups is 2. The lowest BCUT2D eigenvalue weighted by Gasteiger charge is -2.23. The zero-order valence-electron chi connectivity index (χ0n) is 14.8. The molecular weight excluding hydrogens is 346 g/mol. The van der Waals surface area contributed by atoms with E-state index < -0.39 is 17.7 Å². The predicted octanol–water partition coefficient (Wildman–Crippen LogP) is 0.0590. The number of amides is 1. The number of aromatic nitrogens is 1. The second kappa shape index (κ2) is 8.57. The van der Waals surface area contributed by atoms with Gasteiger partial charge < -0.3 is 20.4 Å². The van der Waals surface area contributed by atoms with Crippen molar-refractivity contribution in [1.82, 2.24) is 9.88 Å². The van der Waals surface area contributed by atoms with Crippen LogP contribution < -0.4 is 5.32 Å². The van der Waals surface area contributed by atoms with Crippen LogP contribution in [0.25, 0.3) is 5.76 Å². The van der Waals surface area contributed by atoms with Crippen molar-refractivity contribution in [3.8, 4) is 0 Å². The summed E-state index contributed by atoms with van der Waals surface area (Å²) < 4.78 is 0. The minimum absolute atomic E-state index is 0.0382. The maximum atomic E-state index is 12.7. The van der Waals surface area contributed by atoms with Gasteiger partial charge in [0.05, 0.1) is 37.5 Å². The molecule has 4 N–H and O–H groups in total. The van der Waals surface area contributed by atoms with Crippen molar-refractivity contribution in [2.24, 2.45) is 0 Å². The molecule has 7 nitrogen and oxygen atoms in total. The number of likely N-dealkylation sites (tertiary alicyclic amines) is 1. The highest BCUT2D eigenvalue weighted by Crippen LogP contribution is 2.38. The van der Waals surface area contributed by atoms with E-state index in [4.69, 9.17) is 5.11 Å². The third kappa shape index (κ3) is 3.89. The number of aliphatic hydroxyl groups excluding tert-OH is 2. The Hall–Kier alpha value is -3.03. The van der Waals surface area contributed by atoms with Crippen molar-refractivity contribution >= 4 is 17.4 Å². The van der Waals surface area contributed by atoms with Crippen molar-refractivity contribution in [2.75, 3.05) is 26.2 Å². The molecule has 2 aromatic rings. The fourth-order valence-corrected chi connectivity index (χ4v) is 3.17. The summed E-state index contributed by atoms with van der Waals surface area (Å²) in [6.07, 6.45) is 1.59. The Morgan fingerprint density at radius 1 is 1.07 bits per heavy atom. The fourth-order valence-electron chi connectivity index (χ4n) is 3.17. The quantitative estimate of drug-likeness (QED) is 0.277. The highest BCUT2D eigenvalue weighted by molar-refractivity contribution is 6.46. The van der Waals surface area contributed by atoms with Crippen LogP contribution in [0.2, 0.25) is 0 Å². The summed E-state index contributed by atoms with van der Waals surface area (Å²) in [6, 6.07) is 13.2. The number of ketones is 1. The van der Waals surface area contributed by atoms with Gasteiger partial charge >= 0.3 is 0 Å². The molecule has 0 bridgehead atoms. The number of hydrogen-bond donors (Lipinski definition) is 3. The van der Waals surface area contributed by atoms with E-state index in [2.05, 4.69) is 4.98 Å². The number of carbonyl (C=O) groups is 2. The molecule has 27 heavy (non-hydrogen) atoms. The standard InChI is InChI=1S/C20H21N3O4/c24-13-11-21-10-12-23-17(15-8-4-5-9-22-15)16(19(26)20(23)27)18(25)14-6-2-1-3-7-14/h1-9,17,21,24-25H,10-13H2/p+1/t17-/m0/s1. The van der Waals surface area contributed by atoms with Crippen LogP contribution in [0.5, 0.6) is 0 Å². The Kier molecular flexibility index (Phi) is 5.95. The molecule has 0 radical (unpaired) electrons. The molecule has 0 spiro atoms. The van der Waals surface area contributed by atoms with Crippen molar-refractivity contribution in [1.29, 1.82) is 0 Å². The monoisotopic (exact) mass is 368 g/mol. The zero-order chi connectivity index (χ0) is 19.2. The van der Waals surface area contributed by atoms with E-state index in [1.807, 2.05) is 11.4 Å². The summed E-state index contributed by atoms with van der Waals surface area (Å²) in [5.41, 5.74) is 1.05. The van der Waals surface area contributed by atoms with Gasteiger partial charge in [-0.15, -0.1) is 0 Å². The van der Waals surface area contributed by atoms with Gasteiger partial charge in [0.25, 0.3) is 11.7 Å². The lowest BCUT2D eigenvalue weighted by Crippen LogP contribution is -2.86. The molecule has 140 valence electrons. The Bertz CT molecular complexity index is 837. The molecule has 1 saturated heterocycles. The Morgan fingerprint density at radius 3 is 2.48 bits per heavy atom. The van der Waals surface area contributed by atoms with E-state index in [-0.39, 0.29) is 17.9 Å². The van der Waals surface area contributed by atoms with Crippen LogP contribution in [-0.2, 0) is 9.59 Å². The van der Waals surface area contributed by atoms with Gasteiger partial charge in [-0.3, -0.25) is 14.6 Å². The van der Waals surface area contributed by atoms with Crippen LogP contribution in [0.3, 0.4) is 0 Å². The third-order valence-electron chi connectivity index (χ3n) is 4.46. The molecule has 1 aliphatic heterocycles. The van der Waals surface area contributed by atoms with Crippen LogP contribution in [0, 0.1) is 0 Å². The summed E-state index contributed by atoms with van der Waals surface area (Å²) in [5, 5.41) is 21.6. The van der Waals surface area contributed by atoms with Crippen molar-refractivity contribution in [3.05, 3.63) is 71.6 Å². The molecular formula is C20H22N3O4+. The van der Waals surface area contributed by atoms with Crippen LogP contribution in [0.1, 0.15) is 17.3 Å². The van der Waals surface area contributed by atoms with Gasteiger partial charge in [-0.1, -0.05) is 36.4 Å². The van der Waals surface area contributed by atoms with Crippen LogP contribution >= 0.6 is 0 Å². The maximum absolute atomic E-state index is 12.7. The Balaban J connectivity index is 2.03. The minimum atomic E-state index is -0.742. The largest absolute Gasteiger partial charge is 0.507 e. The van der Waals surface area contributed by atoms with Crippen molar-refractivity contribution in [3.63, 3.8) is 0 Å². The topological polar surface area (TPSA) is 107 Å². The van der Waals surface area contributed by atoms with E-state index in [1.54, 1.807) is 48.7 Å². The number of nitrogens with zero attached hydrogens (tertiary/aromatic N) is 2. The van der Waals surface area contributed by atoms with E-state index in [0.29, 0.717) is 30.9 Å². The number of Topliss-reactive ketones (excluding diaryl/α,β-unsaturated/α-hetero) is 1. The van der Waals surface area contributed by atoms with E-state index >= 15 is 0 Å². The first-order valence-corrected chi connectivity index (χ1v) is 8.82. The molecule has 3 rings (SSSR count). The van der Waals surface area contributed by atoms with Gasteiger partial charge in [-0.25, -0.2) is 0 Å². The average Bonchev–Trinajstić information content (AvgIpc) is 2.97. The molecule has 1 fully saturated rings. The molecule has 0 unspecified atom stereocenters. The predicted molar refractivity (Wildman–Crippen MR) is 98.4 cm³/mol. The number of pyridine rings is 1. The van der Waals surface area contributed by atoms with Gasteiger partial charge in [-0.05, 0) is 12.1 Å². The van der Waals surface area contributed by atoms with Crippen LogP contribution in [0.15, 0.2) is 60.3 Å². The van der Waals surface area contributed by atoms with E-state index in [0.717, 1.165) is 0 Å². The average molecular weight is 368 g/mol. The van der Waals surface area contributed by atoms with Crippen LogP contribution in [-0.4, -0.2) is 58.0 Å². The van der Waals surface area contributed by atoms with Gasteiger partial charge in [0.15, 0.2) is 0 Å². The normalized spacial score (nSPS) is 18.9. The Morgan fingerprint density at radius 2 is 1.81 bits per heavy atom. The molecule has 1 aliphatic rings. The van der Waals surface area contributed by atoms with Gasteiger partial charge in [0, 0.05) is 11.8 Å². The summed E-state index contributed by atoms with van der Waals surface area (Å²) in [5.74, 6) is -1.57. The highest BCUT2D eigenvalue weighted by Gasteiger charge is 2.46. The molecule has 2 heterocycles. The second-order valence-corrected chi connectivity index (χ2v) is 6.20. The number of nitrogens with two attached hydrogens (primary N) is 1. The van der Waals surface area contributed by atoms with Crippen LogP contribution in [0.4, 0.5) is 0 Å². The molecule has 1 atom stereocenters. The smallest absolute Gasteiger partial charge is 0.295 e. The summed E-state index contributed by atoms with van der Waals surface area (Å²) in [4.78, 5) is 31.1. The van der Waals surface area contributed by atoms with E-state index in [1.165, 1.54) is 4.90 Å². The van der Waals surface area contributed by atoms with Gasteiger partial charge in [0.2, 0.25) is 0 Å². The first-order chi connectivity index (χ1) is 13.1. The molecule has 0 saturated carbocycles. The number of quaternary nitrogens is 1. The molecule has 7 heteroatoms. The number of rotatable bonds is 7. The third-order valence-corrected chi connectivity index (χ3v) is 4.46. The zero-order valence-corrected chi connectivity index (χ0v) is 14.8. The molecule has 0 aliphatic carbocycles. The Labute approximate surface area is 157 Å². The number of carbonyl (C=O) groups excluding carboxylic acids is 2. The minimum Gasteiger partial charge on any atom is -0.507 e. The second-order valence-electron chi connectivity index (χ2n) is 6.20. The maximum Gasteiger partial charge on any atom is 0.295 e. The lowest BCUT2D eigenvalue weighted by atomic mass is 9.98. The first-order valence-electron chi connectivity index (χ1n) is 8.82. The number of hydrogen-bond acceptors (Lipinski definition) is 5. The van der Waals surface area contributed by atoms with Crippen molar-refractivity contribution in [2.45, 2.75) is 6.04 Å². The van der Waals surface area contributed by atoms with Gasteiger partial charge in [0.1, 0.15) is 11.8 Å². The summed E-state index contributed by atoms with van der Waals surface area (Å²) >= 11 is 0. The molecule has 1 aromatic heterocycles. The van der Waals surface area contributed by atoms with Crippen molar-refractivity contribution < 1.29 is 25.1 Å². The summed E-state index contributed by atoms with van der Waals surface area (Å²) in [6.45, 7) is 1.39. The first kappa shape index (κ1) is 18.8. The highest BCUT2D eigenvalue weighted by atomic mass is 16.3. The molecule has 1 amide bonds. The lowest BCUT2D eigenvalue weighted by molar-refractivity contribution is -0.655. The van der Waals surface area contributed by atoms with Gasteiger partial charge in [-0.2, -0.15) is 0 Å². The van der Waals surface area contributed by atoms with E-state index in [9.17, 15) is 14.7 Å². The molecule has 1 aromatic carbocycles.